The van der Waals surface area contributed by atoms with Crippen LogP contribution in [-0.4, -0.2) is 24.7 Å². The summed E-state index contributed by atoms with van der Waals surface area (Å²) in [5.74, 6) is 0. The number of hydrogen-bond acceptors (Lipinski definition) is 4. The van der Waals surface area contributed by atoms with Crippen molar-refractivity contribution in [3.63, 3.8) is 0 Å². The van der Waals surface area contributed by atoms with E-state index in [1.54, 1.807) is 22.3 Å². The van der Waals surface area contributed by atoms with Crippen LogP contribution in [0.15, 0.2) is 38.6 Å². The normalized spacial score (nSPS) is 11.8. The summed E-state index contributed by atoms with van der Waals surface area (Å²) in [6.07, 6.45) is 4.25. The van der Waals surface area contributed by atoms with Gasteiger partial charge in [-0.25, -0.2) is 13.1 Å². The van der Waals surface area contributed by atoms with Crippen LogP contribution in [-0.2, 0) is 16.6 Å². The Hall–Kier alpha value is -0.700. The second-order valence-corrected chi connectivity index (χ2v) is 7.31. The number of nitrogens with one attached hydrogen (secondary N) is 1. The lowest BCUT2D eigenvalue weighted by Gasteiger charge is -2.05. The van der Waals surface area contributed by atoms with E-state index in [1.165, 1.54) is 11.3 Å². The van der Waals surface area contributed by atoms with Gasteiger partial charge >= 0.3 is 0 Å². The van der Waals surface area contributed by atoms with Crippen molar-refractivity contribution < 1.29 is 8.42 Å². The average molecular weight is 350 g/mol. The molecule has 2 rings (SSSR count). The zero-order valence-electron chi connectivity index (χ0n) is 9.41. The zero-order valence-corrected chi connectivity index (χ0v) is 12.6. The van der Waals surface area contributed by atoms with Gasteiger partial charge in [-0.2, -0.15) is 5.10 Å². The third-order valence-electron chi connectivity index (χ3n) is 2.24. The van der Waals surface area contributed by atoms with Crippen LogP contribution >= 0.6 is 27.3 Å². The van der Waals surface area contributed by atoms with E-state index in [0.29, 0.717) is 28.2 Å². The van der Waals surface area contributed by atoms with Crippen molar-refractivity contribution in [2.24, 2.45) is 0 Å². The predicted octanol–water partition coefficient (Wildman–Crippen LogP) is 2.08. The lowest BCUT2D eigenvalue weighted by atomic mass is 10.4. The van der Waals surface area contributed by atoms with E-state index in [2.05, 4.69) is 25.8 Å². The summed E-state index contributed by atoms with van der Waals surface area (Å²) in [7, 11) is -3.40. The predicted molar refractivity (Wildman–Crippen MR) is 74.1 cm³/mol. The maximum atomic E-state index is 11.9. The molecule has 0 saturated heterocycles. The first-order chi connectivity index (χ1) is 8.59. The van der Waals surface area contributed by atoms with Crippen molar-refractivity contribution in [2.45, 2.75) is 17.2 Å². The van der Waals surface area contributed by atoms with E-state index >= 15 is 0 Å². The maximum absolute atomic E-state index is 11.9. The first-order valence-electron chi connectivity index (χ1n) is 5.30. The molecular weight excluding hydrogens is 338 g/mol. The highest BCUT2D eigenvalue weighted by atomic mass is 79.9. The molecule has 5 nitrogen and oxygen atoms in total. The van der Waals surface area contributed by atoms with Gasteiger partial charge in [0.15, 0.2) is 0 Å². The molecule has 1 N–H and O–H groups in total. The number of aryl methyl sites for hydroxylation is 1. The molecule has 0 saturated carbocycles. The summed E-state index contributed by atoms with van der Waals surface area (Å²) in [6.45, 7) is 1.09. The van der Waals surface area contributed by atoms with Gasteiger partial charge in [-0.05, 0) is 39.9 Å². The van der Waals surface area contributed by atoms with Crippen molar-refractivity contribution in [3.05, 3.63) is 34.4 Å². The SMILES string of the molecule is O=S(=O)(NCCCn1cccn1)c1sccc1Br. The number of nitrogens with zero attached hydrogens (tertiary/aromatic N) is 2. The minimum atomic E-state index is -3.40. The van der Waals surface area contributed by atoms with Gasteiger partial charge in [0.05, 0.1) is 0 Å². The molecule has 0 aliphatic rings. The van der Waals surface area contributed by atoms with E-state index < -0.39 is 10.0 Å². The first-order valence-corrected chi connectivity index (χ1v) is 8.45. The molecule has 0 spiro atoms. The van der Waals surface area contributed by atoms with Crippen LogP contribution in [0, 0.1) is 0 Å². The second-order valence-electron chi connectivity index (χ2n) is 3.58. The topological polar surface area (TPSA) is 64.0 Å². The summed E-state index contributed by atoms with van der Waals surface area (Å²) in [5, 5.41) is 5.79. The second kappa shape index (κ2) is 5.96. The summed E-state index contributed by atoms with van der Waals surface area (Å²) >= 11 is 4.42. The smallest absolute Gasteiger partial charge is 0.251 e. The van der Waals surface area contributed by atoms with E-state index in [1.807, 2.05) is 12.3 Å². The highest BCUT2D eigenvalue weighted by Crippen LogP contribution is 2.27. The quantitative estimate of drug-likeness (QED) is 0.812. The number of hydrogen-bond donors (Lipinski definition) is 1. The van der Waals surface area contributed by atoms with Crippen molar-refractivity contribution in [1.82, 2.24) is 14.5 Å². The molecule has 0 amide bonds. The molecule has 0 radical (unpaired) electrons. The molecule has 0 aromatic carbocycles. The number of sulfonamides is 1. The average Bonchev–Trinajstić information content (AvgIpc) is 2.95. The van der Waals surface area contributed by atoms with Crippen molar-refractivity contribution in [2.75, 3.05) is 6.54 Å². The zero-order chi connectivity index (χ0) is 13.0. The Balaban J connectivity index is 1.85. The monoisotopic (exact) mass is 349 g/mol. The van der Waals surface area contributed by atoms with E-state index in [9.17, 15) is 8.42 Å². The summed E-state index contributed by atoms with van der Waals surface area (Å²) < 4.78 is 29.1. The third-order valence-corrected chi connectivity index (χ3v) is 6.37. The van der Waals surface area contributed by atoms with Gasteiger partial charge in [0.25, 0.3) is 10.0 Å². The largest absolute Gasteiger partial charge is 0.273 e. The fourth-order valence-electron chi connectivity index (χ4n) is 1.42. The highest BCUT2D eigenvalue weighted by Gasteiger charge is 2.18. The fourth-order valence-corrected chi connectivity index (χ4v) is 4.87. The van der Waals surface area contributed by atoms with Crippen LogP contribution in [0.4, 0.5) is 0 Å². The molecule has 2 aromatic rings. The Bertz CT molecular complexity index is 592. The van der Waals surface area contributed by atoms with Gasteiger partial charge in [0.1, 0.15) is 4.21 Å². The molecule has 2 aromatic heterocycles. The van der Waals surface area contributed by atoms with E-state index in [-0.39, 0.29) is 0 Å². The minimum absolute atomic E-state index is 0.321. The van der Waals surface area contributed by atoms with E-state index in [0.717, 1.165) is 0 Å². The molecule has 18 heavy (non-hydrogen) atoms. The molecule has 0 aliphatic heterocycles. The molecule has 0 bridgehead atoms. The Kier molecular flexibility index (Phi) is 4.55. The van der Waals surface area contributed by atoms with Gasteiger partial charge in [-0.1, -0.05) is 0 Å². The van der Waals surface area contributed by atoms with Gasteiger partial charge < -0.3 is 0 Å². The highest BCUT2D eigenvalue weighted by molar-refractivity contribution is 9.10. The number of thiophene rings is 1. The standard InChI is InChI=1S/C10H12BrN3O2S2/c11-9-3-8-17-10(9)18(15,16)13-5-2-7-14-6-1-4-12-14/h1,3-4,6,8,13H,2,5,7H2. The molecule has 0 fully saturated rings. The van der Waals surface area contributed by atoms with Gasteiger partial charge in [0.2, 0.25) is 0 Å². The van der Waals surface area contributed by atoms with Gasteiger partial charge in [-0.3, -0.25) is 4.68 Å². The summed E-state index contributed by atoms with van der Waals surface area (Å²) in [6, 6.07) is 3.57. The van der Waals surface area contributed by atoms with Crippen molar-refractivity contribution >= 4 is 37.3 Å². The van der Waals surface area contributed by atoms with Crippen LogP contribution in [0.2, 0.25) is 0 Å². The van der Waals surface area contributed by atoms with Gasteiger partial charge in [-0.15, -0.1) is 11.3 Å². The molecular formula is C10H12BrN3O2S2. The lowest BCUT2D eigenvalue weighted by Crippen LogP contribution is -2.25. The molecule has 0 unspecified atom stereocenters. The molecule has 8 heteroatoms. The molecule has 2 heterocycles. The third kappa shape index (κ3) is 3.41. The summed E-state index contributed by atoms with van der Waals surface area (Å²) in [4.78, 5) is 0. The number of aromatic nitrogens is 2. The lowest BCUT2D eigenvalue weighted by molar-refractivity contribution is 0.554. The van der Waals surface area contributed by atoms with Crippen LogP contribution in [0.25, 0.3) is 0 Å². The Labute approximate surface area is 118 Å². The summed E-state index contributed by atoms with van der Waals surface area (Å²) in [5.41, 5.74) is 0. The molecule has 0 aliphatic carbocycles. The first kappa shape index (κ1) is 13.7. The Morgan fingerprint density at radius 2 is 2.33 bits per heavy atom. The fraction of sp³-hybridized carbons (Fsp3) is 0.300. The Morgan fingerprint density at radius 1 is 1.50 bits per heavy atom. The van der Waals surface area contributed by atoms with Crippen molar-refractivity contribution in [1.29, 1.82) is 0 Å². The van der Waals surface area contributed by atoms with Crippen LogP contribution in [0.5, 0.6) is 0 Å². The molecule has 0 atom stereocenters. The maximum Gasteiger partial charge on any atom is 0.251 e. The van der Waals surface area contributed by atoms with Crippen LogP contribution in [0.1, 0.15) is 6.42 Å². The van der Waals surface area contributed by atoms with E-state index in [4.69, 9.17) is 0 Å². The van der Waals surface area contributed by atoms with Crippen LogP contribution < -0.4 is 4.72 Å². The number of rotatable bonds is 6. The number of halogens is 1. The van der Waals surface area contributed by atoms with Gasteiger partial charge in [0, 0.05) is 30.0 Å². The Morgan fingerprint density at radius 3 is 2.94 bits per heavy atom. The van der Waals surface area contributed by atoms with Crippen LogP contribution in [0.3, 0.4) is 0 Å². The molecule has 98 valence electrons. The van der Waals surface area contributed by atoms with Crippen molar-refractivity contribution in [3.8, 4) is 0 Å². The minimum Gasteiger partial charge on any atom is -0.273 e.